The van der Waals surface area contributed by atoms with Gasteiger partial charge in [0.25, 0.3) is 0 Å². The minimum absolute atomic E-state index is 0.316. The molecule has 2 amide bonds. The first-order valence-corrected chi connectivity index (χ1v) is 9.32. The summed E-state index contributed by atoms with van der Waals surface area (Å²) in [5, 5.41) is 5.58. The van der Waals surface area contributed by atoms with Crippen molar-refractivity contribution in [2.45, 2.75) is 13.8 Å². The Morgan fingerprint density at radius 3 is 2.20 bits per heavy atom. The van der Waals surface area contributed by atoms with Crippen molar-refractivity contribution in [2.75, 3.05) is 10.6 Å². The third kappa shape index (κ3) is 4.61. The number of hydrogen-bond donors (Lipinski definition) is 2. The first-order valence-electron chi connectivity index (χ1n) is 9.32. The van der Waals surface area contributed by atoms with Crippen LogP contribution in [0.3, 0.4) is 0 Å². The number of carbonyl (C=O) groups is 1. The molecule has 0 aliphatic carbocycles. The zero-order chi connectivity index (χ0) is 20.9. The molecule has 2 aromatic heterocycles. The van der Waals surface area contributed by atoms with Crippen LogP contribution in [0.15, 0.2) is 73.3 Å². The van der Waals surface area contributed by atoms with Crippen LogP contribution in [0.4, 0.5) is 16.2 Å². The SMILES string of the molecule is Cc1ccc(NC(=O)Nc2ccc(Oc3cc(-n4ccnc4C)ncn3)cc2)cc1. The van der Waals surface area contributed by atoms with Gasteiger partial charge in [0.1, 0.15) is 23.7 Å². The van der Waals surface area contributed by atoms with Gasteiger partial charge in [-0.05, 0) is 50.2 Å². The van der Waals surface area contributed by atoms with Crippen LogP contribution in [0.1, 0.15) is 11.4 Å². The molecule has 4 aromatic rings. The number of nitrogens with one attached hydrogen (secondary N) is 2. The summed E-state index contributed by atoms with van der Waals surface area (Å²) in [6, 6.07) is 16.0. The first kappa shape index (κ1) is 19.1. The highest BCUT2D eigenvalue weighted by atomic mass is 16.5. The van der Waals surface area contributed by atoms with Gasteiger partial charge in [0.15, 0.2) is 0 Å². The maximum atomic E-state index is 12.1. The van der Waals surface area contributed by atoms with E-state index in [1.165, 1.54) is 6.33 Å². The van der Waals surface area contributed by atoms with Crippen LogP contribution in [0.2, 0.25) is 0 Å². The number of rotatable bonds is 5. The maximum absolute atomic E-state index is 12.1. The number of ether oxygens (including phenoxy) is 1. The van der Waals surface area contributed by atoms with E-state index in [4.69, 9.17) is 4.74 Å². The van der Waals surface area contributed by atoms with Gasteiger partial charge in [-0.15, -0.1) is 0 Å². The van der Waals surface area contributed by atoms with E-state index in [2.05, 4.69) is 25.6 Å². The Morgan fingerprint density at radius 2 is 1.57 bits per heavy atom. The van der Waals surface area contributed by atoms with Crippen molar-refractivity contribution in [3.8, 4) is 17.4 Å². The maximum Gasteiger partial charge on any atom is 0.323 e. The predicted molar refractivity (Wildman–Crippen MR) is 114 cm³/mol. The molecule has 0 atom stereocenters. The summed E-state index contributed by atoms with van der Waals surface area (Å²) in [6.07, 6.45) is 4.97. The number of aryl methyl sites for hydroxylation is 2. The lowest BCUT2D eigenvalue weighted by atomic mass is 10.2. The van der Waals surface area contributed by atoms with E-state index in [-0.39, 0.29) is 6.03 Å². The normalized spacial score (nSPS) is 10.5. The molecule has 2 heterocycles. The molecule has 2 N–H and O–H groups in total. The van der Waals surface area contributed by atoms with Gasteiger partial charge >= 0.3 is 6.03 Å². The van der Waals surface area contributed by atoms with E-state index in [0.717, 1.165) is 17.1 Å². The Morgan fingerprint density at radius 1 is 0.900 bits per heavy atom. The van der Waals surface area contributed by atoms with Crippen molar-refractivity contribution in [2.24, 2.45) is 0 Å². The van der Waals surface area contributed by atoms with Crippen LogP contribution in [0.25, 0.3) is 5.82 Å². The molecule has 0 aliphatic rings. The molecule has 30 heavy (non-hydrogen) atoms. The van der Waals surface area contributed by atoms with Crippen molar-refractivity contribution in [1.82, 2.24) is 19.5 Å². The predicted octanol–water partition coefficient (Wildman–Crippen LogP) is 4.72. The molecule has 0 aliphatic heterocycles. The van der Waals surface area contributed by atoms with Gasteiger partial charge in [0, 0.05) is 29.8 Å². The zero-order valence-corrected chi connectivity index (χ0v) is 16.5. The summed E-state index contributed by atoms with van der Waals surface area (Å²) in [6.45, 7) is 3.89. The Hall–Kier alpha value is -4.20. The summed E-state index contributed by atoms with van der Waals surface area (Å²) in [5.74, 6) is 2.48. The van der Waals surface area contributed by atoms with Crippen molar-refractivity contribution in [1.29, 1.82) is 0 Å². The van der Waals surface area contributed by atoms with Crippen LogP contribution in [0.5, 0.6) is 11.6 Å². The van der Waals surface area contributed by atoms with Gasteiger partial charge < -0.3 is 15.4 Å². The van der Waals surface area contributed by atoms with Crippen LogP contribution < -0.4 is 15.4 Å². The van der Waals surface area contributed by atoms with Gasteiger partial charge in [0.05, 0.1) is 0 Å². The Kier molecular flexibility index (Phi) is 5.38. The lowest BCUT2D eigenvalue weighted by Crippen LogP contribution is -2.19. The molecule has 0 saturated heterocycles. The number of aromatic nitrogens is 4. The van der Waals surface area contributed by atoms with E-state index < -0.39 is 0 Å². The molecule has 8 heteroatoms. The number of amides is 2. The van der Waals surface area contributed by atoms with Gasteiger partial charge in [-0.2, -0.15) is 0 Å². The zero-order valence-electron chi connectivity index (χ0n) is 16.5. The van der Waals surface area contributed by atoms with Gasteiger partial charge in [-0.3, -0.25) is 4.57 Å². The molecule has 0 spiro atoms. The van der Waals surface area contributed by atoms with Crippen molar-refractivity contribution in [3.63, 3.8) is 0 Å². The van der Waals surface area contributed by atoms with Crippen molar-refractivity contribution in [3.05, 3.63) is 84.7 Å². The number of hydrogen-bond acceptors (Lipinski definition) is 5. The van der Waals surface area contributed by atoms with Crippen LogP contribution in [-0.4, -0.2) is 25.6 Å². The fraction of sp³-hybridized carbons (Fsp3) is 0.0909. The van der Waals surface area contributed by atoms with Crippen LogP contribution in [-0.2, 0) is 0 Å². The number of carbonyl (C=O) groups excluding carboxylic acids is 1. The third-order valence-corrected chi connectivity index (χ3v) is 4.34. The number of nitrogens with zero attached hydrogens (tertiary/aromatic N) is 4. The monoisotopic (exact) mass is 400 g/mol. The Labute approximate surface area is 173 Å². The number of imidazole rings is 1. The summed E-state index contributed by atoms with van der Waals surface area (Å²) in [4.78, 5) is 24.7. The molecule has 4 rings (SSSR count). The second-order valence-corrected chi connectivity index (χ2v) is 6.63. The Bertz CT molecular complexity index is 1150. The number of benzene rings is 2. The number of anilines is 2. The molecule has 8 nitrogen and oxygen atoms in total. The quantitative estimate of drug-likeness (QED) is 0.506. The lowest BCUT2D eigenvalue weighted by molar-refractivity contribution is 0.262. The average molecular weight is 400 g/mol. The van der Waals surface area contributed by atoms with Crippen LogP contribution >= 0.6 is 0 Å². The number of urea groups is 1. The minimum atomic E-state index is -0.316. The smallest absolute Gasteiger partial charge is 0.323 e. The summed E-state index contributed by atoms with van der Waals surface area (Å²) in [5.41, 5.74) is 2.50. The highest BCUT2D eigenvalue weighted by Crippen LogP contribution is 2.23. The van der Waals surface area contributed by atoms with E-state index in [1.807, 2.05) is 48.9 Å². The highest BCUT2D eigenvalue weighted by Gasteiger charge is 2.07. The minimum Gasteiger partial charge on any atom is -0.439 e. The molecular weight excluding hydrogens is 380 g/mol. The van der Waals surface area contributed by atoms with E-state index in [1.54, 1.807) is 36.5 Å². The van der Waals surface area contributed by atoms with Crippen molar-refractivity contribution >= 4 is 17.4 Å². The summed E-state index contributed by atoms with van der Waals surface area (Å²) < 4.78 is 7.65. The topological polar surface area (TPSA) is 94.0 Å². The standard InChI is InChI=1S/C22H20N6O2/c1-15-3-5-17(6-4-15)26-22(29)27-18-7-9-19(10-8-18)30-21-13-20(24-14-25-21)28-12-11-23-16(28)2/h3-14H,1-2H3,(H2,26,27,29). The lowest BCUT2D eigenvalue weighted by Gasteiger charge is -2.10. The molecule has 0 fully saturated rings. The molecule has 0 bridgehead atoms. The highest BCUT2D eigenvalue weighted by molar-refractivity contribution is 5.99. The Balaban J connectivity index is 1.38. The second kappa shape index (κ2) is 8.44. The summed E-state index contributed by atoms with van der Waals surface area (Å²) >= 11 is 0. The van der Waals surface area contributed by atoms with E-state index in [0.29, 0.717) is 23.1 Å². The van der Waals surface area contributed by atoms with Gasteiger partial charge in [-0.1, -0.05) is 17.7 Å². The molecule has 0 radical (unpaired) electrons. The summed E-state index contributed by atoms with van der Waals surface area (Å²) in [7, 11) is 0. The van der Waals surface area contributed by atoms with Gasteiger partial charge in [0.2, 0.25) is 5.88 Å². The molecule has 0 saturated carbocycles. The largest absolute Gasteiger partial charge is 0.439 e. The fourth-order valence-corrected chi connectivity index (χ4v) is 2.79. The first-order chi connectivity index (χ1) is 14.6. The molecule has 150 valence electrons. The van der Waals surface area contributed by atoms with Crippen LogP contribution in [0, 0.1) is 13.8 Å². The average Bonchev–Trinajstić information content (AvgIpc) is 3.17. The van der Waals surface area contributed by atoms with Gasteiger partial charge in [-0.25, -0.2) is 19.7 Å². The molecular formula is C22H20N6O2. The van der Waals surface area contributed by atoms with E-state index >= 15 is 0 Å². The molecule has 2 aromatic carbocycles. The fourth-order valence-electron chi connectivity index (χ4n) is 2.79. The molecule has 0 unspecified atom stereocenters. The third-order valence-electron chi connectivity index (χ3n) is 4.34. The second-order valence-electron chi connectivity index (χ2n) is 6.63. The van der Waals surface area contributed by atoms with Crippen molar-refractivity contribution < 1.29 is 9.53 Å². The van der Waals surface area contributed by atoms with E-state index in [9.17, 15) is 4.79 Å².